The lowest BCUT2D eigenvalue weighted by atomic mass is 9.36. The minimum atomic E-state index is -0.567. The van der Waals surface area contributed by atoms with Gasteiger partial charge in [0.15, 0.2) is 5.78 Å². The first-order valence-electron chi connectivity index (χ1n) is 13.2. The Hall–Kier alpha value is -1.47. The third kappa shape index (κ3) is 2.97. The number of allylic oxidation sites excluding steroid dienone is 2. The van der Waals surface area contributed by atoms with Crippen molar-refractivity contribution in [2.24, 2.45) is 57.0 Å². The summed E-state index contributed by atoms with van der Waals surface area (Å²) in [5.41, 5.74) is 6.57. The fraction of sp³-hybridized carbons (Fsp3) is 0.828. The normalized spacial score (nSPS) is 50.1. The van der Waals surface area contributed by atoms with E-state index in [1.54, 1.807) is 0 Å². The summed E-state index contributed by atoms with van der Waals surface area (Å²) < 4.78 is 0. The zero-order valence-corrected chi connectivity index (χ0v) is 21.5. The highest BCUT2D eigenvalue weighted by molar-refractivity contribution is 6.04. The number of carbonyl (C=O) groups excluding carboxylic acids is 2. The van der Waals surface area contributed by atoms with Gasteiger partial charge in [0.2, 0.25) is 0 Å². The highest BCUT2D eigenvalue weighted by atomic mass is 16.1. The first kappa shape index (κ1) is 23.3. The molecule has 0 aromatic carbocycles. The van der Waals surface area contributed by atoms with Gasteiger partial charge in [0, 0.05) is 23.3 Å². The van der Waals surface area contributed by atoms with Crippen LogP contribution >= 0.6 is 0 Å². The number of fused-ring (bicyclic) bond motifs is 7. The maximum absolute atomic E-state index is 14.0. The molecule has 3 unspecified atom stereocenters. The van der Waals surface area contributed by atoms with Gasteiger partial charge in [-0.1, -0.05) is 47.6 Å². The molecule has 0 aliphatic heterocycles. The number of hydrogen-bond acceptors (Lipinski definition) is 4. The Morgan fingerprint density at radius 3 is 2.30 bits per heavy atom. The fourth-order valence-corrected chi connectivity index (χ4v) is 9.96. The summed E-state index contributed by atoms with van der Waals surface area (Å²) in [6, 6.07) is 2.20. The van der Waals surface area contributed by atoms with E-state index in [1.165, 1.54) is 0 Å². The van der Waals surface area contributed by atoms with E-state index < -0.39 is 5.41 Å². The molecule has 0 spiro atoms. The van der Waals surface area contributed by atoms with Gasteiger partial charge >= 0.3 is 0 Å². The molecule has 4 fully saturated rings. The standard InChI is InChI=1S/C29H42N2O2/c1-25(2)11-12-29(31)10-7-18-23(19(29)15-25)20(32)13-22-27(18,5)9-8-21-26(3,4)24(33)17(16-30)14-28(21,22)6/h14,18-19,21-23H,7-13,15,31H2,1-6H3/t18?,19?,21-,22-,23?,27-,28-,29+/m0/s1. The Kier molecular flexibility index (Phi) is 4.80. The van der Waals surface area contributed by atoms with E-state index in [0.717, 1.165) is 44.9 Å². The van der Waals surface area contributed by atoms with E-state index in [1.807, 2.05) is 19.9 Å². The molecular formula is C29H42N2O2. The highest BCUT2D eigenvalue weighted by Crippen LogP contribution is 2.70. The number of nitriles is 1. The summed E-state index contributed by atoms with van der Waals surface area (Å²) in [6.07, 6.45) is 9.89. The summed E-state index contributed by atoms with van der Waals surface area (Å²) >= 11 is 0. The van der Waals surface area contributed by atoms with E-state index in [-0.39, 0.29) is 51.2 Å². The molecule has 0 bridgehead atoms. The molecule has 0 aromatic heterocycles. The average molecular weight is 451 g/mol. The number of hydrogen-bond donors (Lipinski definition) is 1. The van der Waals surface area contributed by atoms with Gasteiger partial charge in [-0.25, -0.2) is 0 Å². The number of ketones is 2. The van der Waals surface area contributed by atoms with E-state index in [9.17, 15) is 14.9 Å². The zero-order chi connectivity index (χ0) is 24.2. The van der Waals surface area contributed by atoms with Crippen molar-refractivity contribution < 1.29 is 9.59 Å². The lowest BCUT2D eigenvalue weighted by Gasteiger charge is -2.67. The second-order valence-electron chi connectivity index (χ2n) is 14.3. The van der Waals surface area contributed by atoms with Crippen LogP contribution in [0.1, 0.15) is 92.9 Å². The molecule has 0 amide bonds. The number of carbonyl (C=O) groups is 2. The topological polar surface area (TPSA) is 83.9 Å². The summed E-state index contributed by atoms with van der Waals surface area (Å²) in [7, 11) is 0. The summed E-state index contributed by atoms with van der Waals surface area (Å²) in [5, 5.41) is 9.78. The van der Waals surface area contributed by atoms with Crippen LogP contribution in [-0.4, -0.2) is 17.1 Å². The van der Waals surface area contributed by atoms with Crippen LogP contribution in [0.4, 0.5) is 0 Å². The van der Waals surface area contributed by atoms with Gasteiger partial charge in [0.1, 0.15) is 11.9 Å². The second kappa shape index (κ2) is 6.81. The first-order chi connectivity index (χ1) is 15.2. The maximum atomic E-state index is 14.0. The van der Waals surface area contributed by atoms with Crippen LogP contribution in [0.3, 0.4) is 0 Å². The highest BCUT2D eigenvalue weighted by Gasteiger charge is 2.67. The summed E-state index contributed by atoms with van der Waals surface area (Å²) in [6.45, 7) is 13.4. The van der Waals surface area contributed by atoms with Crippen LogP contribution < -0.4 is 5.73 Å². The van der Waals surface area contributed by atoms with E-state index in [2.05, 4.69) is 33.8 Å². The lowest BCUT2D eigenvalue weighted by molar-refractivity contribution is -0.182. The van der Waals surface area contributed by atoms with Crippen LogP contribution in [0.15, 0.2) is 11.6 Å². The van der Waals surface area contributed by atoms with Gasteiger partial charge in [-0.3, -0.25) is 9.59 Å². The van der Waals surface area contributed by atoms with Crippen LogP contribution in [0.5, 0.6) is 0 Å². The van der Waals surface area contributed by atoms with Crippen molar-refractivity contribution in [3.63, 3.8) is 0 Å². The zero-order valence-electron chi connectivity index (χ0n) is 21.5. The molecular weight excluding hydrogens is 408 g/mol. The number of nitrogens with zero attached hydrogens (tertiary/aromatic N) is 1. The van der Waals surface area contributed by atoms with Crippen LogP contribution in [-0.2, 0) is 9.59 Å². The van der Waals surface area contributed by atoms with Gasteiger partial charge in [0.05, 0.1) is 5.57 Å². The van der Waals surface area contributed by atoms with Crippen LogP contribution in [0.2, 0.25) is 0 Å². The van der Waals surface area contributed by atoms with E-state index >= 15 is 0 Å². The van der Waals surface area contributed by atoms with Crippen molar-refractivity contribution in [3.8, 4) is 6.07 Å². The third-order valence-electron chi connectivity index (χ3n) is 11.7. The number of Topliss-reactive ketones (excluding diaryl/α,β-unsaturated/α-hetero) is 2. The molecule has 2 N–H and O–H groups in total. The molecule has 5 rings (SSSR count). The van der Waals surface area contributed by atoms with E-state index in [4.69, 9.17) is 5.73 Å². The number of rotatable bonds is 0. The Bertz CT molecular complexity index is 986. The van der Waals surface area contributed by atoms with Crippen molar-refractivity contribution in [1.82, 2.24) is 0 Å². The Morgan fingerprint density at radius 1 is 0.939 bits per heavy atom. The molecule has 4 nitrogen and oxygen atoms in total. The van der Waals surface area contributed by atoms with Gasteiger partial charge in [-0.15, -0.1) is 0 Å². The van der Waals surface area contributed by atoms with Crippen LogP contribution in [0.25, 0.3) is 0 Å². The predicted octanol–water partition coefficient (Wildman–Crippen LogP) is 5.61. The largest absolute Gasteiger partial charge is 0.325 e. The van der Waals surface area contributed by atoms with Crippen molar-refractivity contribution in [3.05, 3.63) is 11.6 Å². The first-order valence-corrected chi connectivity index (χ1v) is 13.2. The third-order valence-corrected chi connectivity index (χ3v) is 11.7. The average Bonchev–Trinajstić information content (AvgIpc) is 2.72. The van der Waals surface area contributed by atoms with Crippen LogP contribution in [0, 0.1) is 62.6 Å². The van der Waals surface area contributed by atoms with E-state index in [0.29, 0.717) is 23.7 Å². The fourth-order valence-electron chi connectivity index (χ4n) is 9.96. The number of nitrogens with two attached hydrogens (primary N) is 1. The monoisotopic (exact) mass is 450 g/mol. The molecule has 5 aliphatic carbocycles. The van der Waals surface area contributed by atoms with Gasteiger partial charge in [-0.2, -0.15) is 5.26 Å². The minimum absolute atomic E-state index is 0.0221. The Labute approximate surface area is 199 Å². The van der Waals surface area contributed by atoms with Crippen molar-refractivity contribution >= 4 is 11.6 Å². The minimum Gasteiger partial charge on any atom is -0.325 e. The molecule has 180 valence electrons. The quantitative estimate of drug-likeness (QED) is 0.520. The van der Waals surface area contributed by atoms with Crippen molar-refractivity contribution in [1.29, 1.82) is 5.26 Å². The lowest BCUT2D eigenvalue weighted by Crippen LogP contribution is -2.67. The Morgan fingerprint density at radius 2 is 1.64 bits per heavy atom. The summed E-state index contributed by atoms with van der Waals surface area (Å²) in [5.74, 6) is 1.44. The molecule has 8 atom stereocenters. The van der Waals surface area contributed by atoms with Gasteiger partial charge in [-0.05, 0) is 84.9 Å². The molecule has 4 saturated carbocycles. The molecule has 33 heavy (non-hydrogen) atoms. The van der Waals surface area contributed by atoms with Gasteiger partial charge in [0.25, 0.3) is 0 Å². The van der Waals surface area contributed by atoms with Crippen molar-refractivity contribution in [2.75, 3.05) is 0 Å². The SMILES string of the molecule is CC1(C)CC[C@]2(N)CCC3C(C(=O)C[C@@H]4[C@@]5(C)C=C(C#N)C(=O)C(C)(C)[C@@H]5CC[C@@]34C)C2C1. The van der Waals surface area contributed by atoms with Crippen molar-refractivity contribution in [2.45, 2.75) is 98.4 Å². The maximum Gasteiger partial charge on any atom is 0.178 e. The molecule has 0 saturated heterocycles. The Balaban J connectivity index is 1.58. The molecule has 4 heteroatoms. The molecule has 0 heterocycles. The summed E-state index contributed by atoms with van der Waals surface area (Å²) in [4.78, 5) is 27.1. The van der Waals surface area contributed by atoms with Gasteiger partial charge < -0.3 is 5.73 Å². The molecule has 0 aromatic rings. The molecule has 5 aliphatic rings. The second-order valence-corrected chi connectivity index (χ2v) is 14.3. The molecule has 0 radical (unpaired) electrons. The predicted molar refractivity (Wildman–Crippen MR) is 129 cm³/mol. The smallest absolute Gasteiger partial charge is 0.178 e.